The number of hydrogen-bond donors (Lipinski definition) is 0. The fraction of sp³-hybridized carbons (Fsp3) is 0.474. The first-order valence-corrected chi connectivity index (χ1v) is 9.82. The molecule has 0 saturated carbocycles. The zero-order valence-corrected chi connectivity index (χ0v) is 14.5. The molecule has 0 spiro atoms. The molecule has 2 aliphatic rings. The molecule has 2 fully saturated rings. The second-order valence-electron chi connectivity index (χ2n) is 6.49. The normalized spacial score (nSPS) is 23.7. The molecular weight excluding hydrogens is 320 g/mol. The lowest BCUT2D eigenvalue weighted by molar-refractivity contribution is 0.0439. The van der Waals surface area contributed by atoms with Crippen LogP contribution in [0.2, 0.25) is 0 Å². The Bertz CT molecular complexity index is 719. The van der Waals surface area contributed by atoms with Crippen LogP contribution in [0.15, 0.2) is 36.5 Å². The lowest BCUT2D eigenvalue weighted by Gasteiger charge is -2.30. The van der Waals surface area contributed by atoms with Crippen molar-refractivity contribution in [3.8, 4) is 0 Å². The maximum atomic E-state index is 13.3. The molecule has 1 aromatic carbocycles. The largest absolute Gasteiger partial charge is 0.376 e. The SMILES string of the molecule is O=C(c1nccc2ccccc12)N(C[C@H]1CCCO1)[C@H]1CCSC1. The van der Waals surface area contributed by atoms with E-state index in [0.717, 1.165) is 48.1 Å². The van der Waals surface area contributed by atoms with Gasteiger partial charge in [-0.15, -0.1) is 0 Å². The van der Waals surface area contributed by atoms with Crippen molar-refractivity contribution in [1.29, 1.82) is 0 Å². The van der Waals surface area contributed by atoms with Gasteiger partial charge in [0.1, 0.15) is 5.69 Å². The summed E-state index contributed by atoms with van der Waals surface area (Å²) in [6.07, 6.45) is 5.12. The van der Waals surface area contributed by atoms with Crippen LogP contribution in [0.1, 0.15) is 29.8 Å². The summed E-state index contributed by atoms with van der Waals surface area (Å²) in [4.78, 5) is 19.8. The van der Waals surface area contributed by atoms with E-state index in [4.69, 9.17) is 4.74 Å². The molecule has 0 bridgehead atoms. The van der Waals surface area contributed by atoms with E-state index < -0.39 is 0 Å². The molecule has 3 heterocycles. The van der Waals surface area contributed by atoms with E-state index in [1.807, 2.05) is 47.0 Å². The van der Waals surface area contributed by atoms with E-state index in [1.54, 1.807) is 6.20 Å². The fourth-order valence-electron chi connectivity index (χ4n) is 3.60. The summed E-state index contributed by atoms with van der Waals surface area (Å²) < 4.78 is 5.80. The zero-order valence-electron chi connectivity index (χ0n) is 13.7. The fourth-order valence-corrected chi connectivity index (χ4v) is 4.82. The van der Waals surface area contributed by atoms with Crippen molar-refractivity contribution >= 4 is 28.4 Å². The van der Waals surface area contributed by atoms with Gasteiger partial charge in [-0.1, -0.05) is 24.3 Å². The van der Waals surface area contributed by atoms with E-state index in [1.165, 1.54) is 0 Å². The monoisotopic (exact) mass is 342 g/mol. The second kappa shape index (κ2) is 7.11. The van der Waals surface area contributed by atoms with Crippen LogP contribution in [0.3, 0.4) is 0 Å². The summed E-state index contributed by atoms with van der Waals surface area (Å²) in [6, 6.07) is 10.2. The number of thioether (sulfide) groups is 1. The van der Waals surface area contributed by atoms with Gasteiger partial charge >= 0.3 is 0 Å². The topological polar surface area (TPSA) is 42.4 Å². The summed E-state index contributed by atoms with van der Waals surface area (Å²) in [7, 11) is 0. The van der Waals surface area contributed by atoms with Gasteiger partial charge in [0.25, 0.3) is 5.91 Å². The molecule has 4 rings (SSSR count). The quantitative estimate of drug-likeness (QED) is 0.854. The highest BCUT2D eigenvalue weighted by Crippen LogP contribution is 2.27. The molecule has 4 nitrogen and oxygen atoms in total. The van der Waals surface area contributed by atoms with Gasteiger partial charge in [-0.05, 0) is 36.5 Å². The third-order valence-electron chi connectivity index (χ3n) is 4.91. The Morgan fingerprint density at radius 1 is 1.29 bits per heavy atom. The van der Waals surface area contributed by atoms with Crippen molar-refractivity contribution in [3.05, 3.63) is 42.2 Å². The van der Waals surface area contributed by atoms with Crippen molar-refractivity contribution in [3.63, 3.8) is 0 Å². The van der Waals surface area contributed by atoms with Gasteiger partial charge < -0.3 is 9.64 Å². The molecule has 24 heavy (non-hydrogen) atoms. The summed E-state index contributed by atoms with van der Waals surface area (Å²) in [5.74, 6) is 2.20. The van der Waals surface area contributed by atoms with Crippen molar-refractivity contribution in [2.24, 2.45) is 0 Å². The minimum absolute atomic E-state index is 0.0507. The van der Waals surface area contributed by atoms with Gasteiger partial charge in [0.05, 0.1) is 6.10 Å². The molecule has 126 valence electrons. The highest BCUT2D eigenvalue weighted by atomic mass is 32.2. The summed E-state index contributed by atoms with van der Waals surface area (Å²) in [6.45, 7) is 1.51. The second-order valence-corrected chi connectivity index (χ2v) is 7.64. The van der Waals surface area contributed by atoms with Gasteiger partial charge in [0, 0.05) is 36.5 Å². The van der Waals surface area contributed by atoms with Crippen LogP contribution in [-0.4, -0.2) is 52.6 Å². The maximum Gasteiger partial charge on any atom is 0.273 e. The van der Waals surface area contributed by atoms with E-state index >= 15 is 0 Å². The van der Waals surface area contributed by atoms with Gasteiger partial charge in [0.2, 0.25) is 0 Å². The first-order chi connectivity index (χ1) is 11.8. The predicted octanol–water partition coefficient (Wildman–Crippen LogP) is 3.36. The lowest BCUT2D eigenvalue weighted by atomic mass is 10.1. The van der Waals surface area contributed by atoms with Crippen molar-refractivity contribution in [2.45, 2.75) is 31.4 Å². The molecule has 0 unspecified atom stereocenters. The number of ether oxygens (including phenoxy) is 1. The van der Waals surface area contributed by atoms with Crippen LogP contribution in [0.4, 0.5) is 0 Å². The minimum atomic E-state index is 0.0507. The summed E-state index contributed by atoms with van der Waals surface area (Å²) in [5, 5.41) is 2.00. The van der Waals surface area contributed by atoms with Gasteiger partial charge in [-0.25, -0.2) is 0 Å². The third-order valence-corrected chi connectivity index (χ3v) is 6.05. The van der Waals surface area contributed by atoms with Crippen LogP contribution in [0.25, 0.3) is 10.8 Å². The highest BCUT2D eigenvalue weighted by Gasteiger charge is 2.32. The molecule has 2 atom stereocenters. The van der Waals surface area contributed by atoms with Gasteiger partial charge in [-0.2, -0.15) is 11.8 Å². The Morgan fingerprint density at radius 3 is 3.00 bits per heavy atom. The molecule has 1 aromatic heterocycles. The number of benzene rings is 1. The average Bonchev–Trinajstić information content (AvgIpc) is 3.32. The summed E-state index contributed by atoms with van der Waals surface area (Å²) >= 11 is 1.93. The Hall–Kier alpha value is -1.59. The molecule has 2 saturated heterocycles. The van der Waals surface area contributed by atoms with E-state index in [0.29, 0.717) is 18.3 Å². The molecule has 2 aliphatic heterocycles. The number of carbonyl (C=O) groups is 1. The van der Waals surface area contributed by atoms with Crippen molar-refractivity contribution < 1.29 is 9.53 Å². The number of fused-ring (bicyclic) bond motifs is 1. The first kappa shape index (κ1) is 15.9. The highest BCUT2D eigenvalue weighted by molar-refractivity contribution is 7.99. The van der Waals surface area contributed by atoms with Crippen LogP contribution in [0.5, 0.6) is 0 Å². The molecule has 0 aliphatic carbocycles. The van der Waals surface area contributed by atoms with Crippen molar-refractivity contribution in [2.75, 3.05) is 24.7 Å². The minimum Gasteiger partial charge on any atom is -0.376 e. The van der Waals surface area contributed by atoms with E-state index in [2.05, 4.69) is 4.98 Å². The number of aromatic nitrogens is 1. The lowest BCUT2D eigenvalue weighted by Crippen LogP contribution is -2.45. The van der Waals surface area contributed by atoms with E-state index in [-0.39, 0.29) is 12.0 Å². The molecule has 5 heteroatoms. The molecule has 2 aromatic rings. The smallest absolute Gasteiger partial charge is 0.273 e. The number of pyridine rings is 1. The molecule has 0 radical (unpaired) electrons. The van der Waals surface area contributed by atoms with Crippen LogP contribution >= 0.6 is 11.8 Å². The molecule has 0 N–H and O–H groups in total. The van der Waals surface area contributed by atoms with Gasteiger partial charge in [0.15, 0.2) is 0 Å². The number of rotatable bonds is 4. The Balaban J connectivity index is 1.66. The maximum absolute atomic E-state index is 13.3. The Morgan fingerprint density at radius 2 is 2.21 bits per heavy atom. The van der Waals surface area contributed by atoms with E-state index in [9.17, 15) is 4.79 Å². The molecule has 1 amide bonds. The standard InChI is InChI=1S/C19H22N2O2S/c22-19(18-17-6-2-1-4-14(17)7-9-20-18)21(15-8-11-24-13-15)12-16-5-3-10-23-16/h1-2,4,6-7,9,15-16H,3,5,8,10-13H2/t15-,16+/m0/s1. The van der Waals surface area contributed by atoms with Crippen molar-refractivity contribution in [1.82, 2.24) is 9.88 Å². The zero-order chi connectivity index (χ0) is 16.4. The van der Waals surface area contributed by atoms with Crippen LogP contribution < -0.4 is 0 Å². The third kappa shape index (κ3) is 3.15. The van der Waals surface area contributed by atoms with Crippen LogP contribution in [0, 0.1) is 0 Å². The Kier molecular flexibility index (Phi) is 4.72. The predicted molar refractivity (Wildman–Crippen MR) is 97.5 cm³/mol. The Labute approximate surface area is 146 Å². The number of hydrogen-bond acceptors (Lipinski definition) is 4. The average molecular weight is 342 g/mol. The number of nitrogens with zero attached hydrogens (tertiary/aromatic N) is 2. The first-order valence-electron chi connectivity index (χ1n) is 8.67. The number of amides is 1. The summed E-state index contributed by atoms with van der Waals surface area (Å²) in [5.41, 5.74) is 0.572. The van der Waals surface area contributed by atoms with Gasteiger partial charge in [-0.3, -0.25) is 9.78 Å². The number of carbonyl (C=O) groups excluding carboxylic acids is 1. The molecular formula is C19H22N2O2S. The van der Waals surface area contributed by atoms with Crippen LogP contribution in [-0.2, 0) is 4.74 Å².